The molecule has 0 radical (unpaired) electrons. The number of H-pyrrole nitrogens is 1. The Morgan fingerprint density at radius 1 is 1.40 bits per heavy atom. The number of nitrogens with one attached hydrogen (secondary N) is 1. The SMILES string of the molecule is FC(F)(F)c1n[nH]c(C2CCC2)c1CBr. The van der Waals surface area contributed by atoms with Crippen molar-refractivity contribution >= 4 is 15.9 Å². The van der Waals surface area contributed by atoms with E-state index in [4.69, 9.17) is 0 Å². The number of hydrogen-bond donors (Lipinski definition) is 1. The van der Waals surface area contributed by atoms with Crippen molar-refractivity contribution in [2.45, 2.75) is 36.7 Å². The Morgan fingerprint density at radius 2 is 2.07 bits per heavy atom. The van der Waals surface area contributed by atoms with Crippen molar-refractivity contribution in [3.05, 3.63) is 17.0 Å². The summed E-state index contributed by atoms with van der Waals surface area (Å²) in [4.78, 5) is 0. The van der Waals surface area contributed by atoms with Crippen LogP contribution in [0.4, 0.5) is 13.2 Å². The minimum atomic E-state index is -4.36. The van der Waals surface area contributed by atoms with E-state index in [0.717, 1.165) is 19.3 Å². The Morgan fingerprint density at radius 3 is 2.47 bits per heavy atom. The maximum atomic E-state index is 12.5. The largest absolute Gasteiger partial charge is 0.435 e. The molecule has 0 atom stereocenters. The molecule has 1 heterocycles. The normalized spacial score (nSPS) is 17.9. The van der Waals surface area contributed by atoms with E-state index >= 15 is 0 Å². The van der Waals surface area contributed by atoms with Gasteiger partial charge in [0.1, 0.15) is 0 Å². The summed E-state index contributed by atoms with van der Waals surface area (Å²) in [5.41, 5.74) is 0.152. The molecule has 1 fully saturated rings. The Balaban J connectivity index is 2.36. The zero-order valence-electron chi connectivity index (χ0n) is 7.86. The molecule has 1 aliphatic rings. The summed E-state index contributed by atoms with van der Waals surface area (Å²) in [6.07, 6.45) is -1.35. The standard InChI is InChI=1S/C9H10BrF3N2/c10-4-6-7(5-2-1-3-5)14-15-8(6)9(11,12)13/h5H,1-4H2,(H,14,15). The average Bonchev–Trinajstić information content (AvgIpc) is 2.43. The van der Waals surface area contributed by atoms with Crippen LogP contribution in [-0.2, 0) is 11.5 Å². The average molecular weight is 283 g/mol. The Labute approximate surface area is 93.4 Å². The zero-order chi connectivity index (χ0) is 11.1. The van der Waals surface area contributed by atoms with Crippen LogP contribution in [-0.4, -0.2) is 10.2 Å². The quantitative estimate of drug-likeness (QED) is 0.825. The molecule has 6 heteroatoms. The Kier molecular flexibility index (Phi) is 2.79. The highest BCUT2D eigenvalue weighted by Crippen LogP contribution is 2.41. The lowest BCUT2D eigenvalue weighted by atomic mass is 9.81. The van der Waals surface area contributed by atoms with Gasteiger partial charge in [0.25, 0.3) is 0 Å². The van der Waals surface area contributed by atoms with E-state index in [2.05, 4.69) is 26.1 Å². The molecule has 0 aliphatic heterocycles. The number of nitrogens with zero attached hydrogens (tertiary/aromatic N) is 1. The van der Waals surface area contributed by atoms with E-state index in [-0.39, 0.29) is 16.8 Å². The van der Waals surface area contributed by atoms with Gasteiger partial charge in [-0.25, -0.2) is 0 Å². The predicted molar refractivity (Wildman–Crippen MR) is 52.8 cm³/mol. The van der Waals surface area contributed by atoms with Gasteiger partial charge in [-0.2, -0.15) is 18.3 Å². The molecule has 0 aromatic carbocycles. The van der Waals surface area contributed by atoms with Gasteiger partial charge >= 0.3 is 6.18 Å². The van der Waals surface area contributed by atoms with Gasteiger partial charge in [-0.15, -0.1) is 0 Å². The van der Waals surface area contributed by atoms with Crippen LogP contribution in [0.5, 0.6) is 0 Å². The maximum Gasteiger partial charge on any atom is 0.435 e. The molecule has 15 heavy (non-hydrogen) atoms. The summed E-state index contributed by atoms with van der Waals surface area (Å²) in [6.45, 7) is 0. The molecule has 0 spiro atoms. The monoisotopic (exact) mass is 282 g/mol. The van der Waals surface area contributed by atoms with Gasteiger partial charge in [-0.05, 0) is 12.8 Å². The number of halogens is 4. The zero-order valence-corrected chi connectivity index (χ0v) is 9.45. The third kappa shape index (κ3) is 1.91. The minimum Gasteiger partial charge on any atom is -0.281 e. The van der Waals surface area contributed by atoms with Gasteiger partial charge < -0.3 is 0 Å². The van der Waals surface area contributed by atoms with Crippen LogP contribution in [0.3, 0.4) is 0 Å². The van der Waals surface area contributed by atoms with Crippen molar-refractivity contribution < 1.29 is 13.2 Å². The second kappa shape index (κ2) is 3.81. The first-order valence-corrected chi connectivity index (χ1v) is 5.86. The fraction of sp³-hybridized carbons (Fsp3) is 0.667. The van der Waals surface area contributed by atoms with Gasteiger partial charge in [0.05, 0.1) is 0 Å². The highest BCUT2D eigenvalue weighted by molar-refractivity contribution is 9.08. The lowest BCUT2D eigenvalue weighted by Gasteiger charge is -2.25. The molecule has 1 aromatic rings. The Hall–Kier alpha value is -0.520. The number of aromatic nitrogens is 2. The predicted octanol–water partition coefficient (Wildman–Crippen LogP) is 3.59. The molecule has 0 amide bonds. The van der Waals surface area contributed by atoms with Crippen molar-refractivity contribution in [1.82, 2.24) is 10.2 Å². The van der Waals surface area contributed by atoms with Crippen LogP contribution < -0.4 is 0 Å². The van der Waals surface area contributed by atoms with Crippen molar-refractivity contribution in [2.75, 3.05) is 0 Å². The second-order valence-electron chi connectivity index (χ2n) is 3.72. The van der Waals surface area contributed by atoms with Crippen molar-refractivity contribution in [1.29, 1.82) is 0 Å². The Bertz CT molecular complexity index is 355. The molecule has 1 aliphatic carbocycles. The van der Waals surface area contributed by atoms with Crippen LogP contribution >= 0.6 is 15.9 Å². The summed E-state index contributed by atoms with van der Waals surface area (Å²) >= 11 is 3.09. The molecule has 84 valence electrons. The lowest BCUT2D eigenvalue weighted by Crippen LogP contribution is -2.12. The molecular weight excluding hydrogens is 273 g/mol. The first-order chi connectivity index (χ1) is 7.04. The van der Waals surface area contributed by atoms with E-state index < -0.39 is 11.9 Å². The van der Waals surface area contributed by atoms with Crippen LogP contribution in [0.2, 0.25) is 0 Å². The maximum absolute atomic E-state index is 12.5. The minimum absolute atomic E-state index is 0.199. The fourth-order valence-corrected chi connectivity index (χ4v) is 2.35. The number of alkyl halides is 4. The van der Waals surface area contributed by atoms with E-state index in [1.807, 2.05) is 0 Å². The third-order valence-electron chi connectivity index (χ3n) is 2.81. The summed E-state index contributed by atoms with van der Waals surface area (Å²) < 4.78 is 37.6. The van der Waals surface area contributed by atoms with Gasteiger partial charge in [0.2, 0.25) is 0 Å². The van der Waals surface area contributed by atoms with Gasteiger partial charge in [-0.3, -0.25) is 5.10 Å². The van der Waals surface area contributed by atoms with Crippen LogP contribution in [0, 0.1) is 0 Å². The first kappa shape index (κ1) is 11.0. The number of rotatable bonds is 2. The molecule has 1 N–H and O–H groups in total. The third-order valence-corrected chi connectivity index (χ3v) is 3.38. The topological polar surface area (TPSA) is 28.7 Å². The lowest BCUT2D eigenvalue weighted by molar-refractivity contribution is -0.141. The molecular formula is C9H10BrF3N2. The van der Waals surface area contributed by atoms with Crippen molar-refractivity contribution in [3.63, 3.8) is 0 Å². The van der Waals surface area contributed by atoms with Gasteiger partial charge in [-0.1, -0.05) is 22.4 Å². The molecule has 2 nitrogen and oxygen atoms in total. The molecule has 0 unspecified atom stereocenters. The summed E-state index contributed by atoms with van der Waals surface area (Å²) in [5, 5.41) is 6.11. The summed E-state index contributed by atoms with van der Waals surface area (Å²) in [7, 11) is 0. The number of aromatic amines is 1. The molecule has 1 aromatic heterocycles. The van der Waals surface area contributed by atoms with Crippen LogP contribution in [0.25, 0.3) is 0 Å². The van der Waals surface area contributed by atoms with E-state index in [1.54, 1.807) is 0 Å². The molecule has 1 saturated carbocycles. The second-order valence-corrected chi connectivity index (χ2v) is 4.28. The van der Waals surface area contributed by atoms with E-state index in [0.29, 0.717) is 5.69 Å². The highest BCUT2D eigenvalue weighted by atomic mass is 79.9. The number of hydrogen-bond acceptors (Lipinski definition) is 1. The fourth-order valence-electron chi connectivity index (χ4n) is 1.78. The highest BCUT2D eigenvalue weighted by Gasteiger charge is 2.39. The smallest absolute Gasteiger partial charge is 0.281 e. The van der Waals surface area contributed by atoms with Gasteiger partial charge in [0.15, 0.2) is 5.69 Å². The van der Waals surface area contributed by atoms with Crippen LogP contribution in [0.1, 0.15) is 42.1 Å². The molecule has 0 saturated heterocycles. The van der Waals surface area contributed by atoms with Crippen molar-refractivity contribution in [3.8, 4) is 0 Å². The molecule has 0 bridgehead atoms. The summed E-state index contributed by atoms with van der Waals surface area (Å²) in [5.74, 6) is 0.237. The van der Waals surface area contributed by atoms with Crippen molar-refractivity contribution in [2.24, 2.45) is 0 Å². The molecule has 2 rings (SSSR count). The first-order valence-electron chi connectivity index (χ1n) is 4.74. The van der Waals surface area contributed by atoms with E-state index in [1.165, 1.54) is 0 Å². The van der Waals surface area contributed by atoms with Gasteiger partial charge in [0, 0.05) is 22.5 Å². The van der Waals surface area contributed by atoms with Crippen LogP contribution in [0.15, 0.2) is 0 Å². The summed E-state index contributed by atoms with van der Waals surface area (Å²) in [6, 6.07) is 0. The van der Waals surface area contributed by atoms with E-state index in [9.17, 15) is 13.2 Å².